The van der Waals surface area contributed by atoms with Gasteiger partial charge in [-0.15, -0.1) is 0 Å². The number of rotatable bonds is 4. The van der Waals surface area contributed by atoms with E-state index in [-0.39, 0.29) is 18.2 Å². The van der Waals surface area contributed by atoms with Crippen LogP contribution in [-0.4, -0.2) is 49.7 Å². The number of pyridine rings is 1. The van der Waals surface area contributed by atoms with Crippen LogP contribution in [0.4, 0.5) is 0 Å². The van der Waals surface area contributed by atoms with Crippen LogP contribution in [0, 0.1) is 19.8 Å². The highest BCUT2D eigenvalue weighted by atomic mass is 16.4. The summed E-state index contributed by atoms with van der Waals surface area (Å²) >= 11 is 0. The average Bonchev–Trinajstić information content (AvgIpc) is 2.85. The number of carboxylic acid groups (broad SMARTS) is 1. The minimum atomic E-state index is -0.777. The number of carbonyl (C=O) groups excluding carboxylic acids is 1. The third-order valence-electron chi connectivity index (χ3n) is 4.99. The van der Waals surface area contributed by atoms with Gasteiger partial charge in [0.15, 0.2) is 5.65 Å². The molecule has 1 unspecified atom stereocenters. The van der Waals surface area contributed by atoms with Gasteiger partial charge >= 0.3 is 5.97 Å². The lowest BCUT2D eigenvalue weighted by molar-refractivity contribution is -0.137. The molecule has 0 radical (unpaired) electrons. The topological polar surface area (TPSA) is 88.3 Å². The molecule has 134 valence electrons. The summed E-state index contributed by atoms with van der Waals surface area (Å²) < 4.78 is 1.73. The maximum atomic E-state index is 13.0. The van der Waals surface area contributed by atoms with E-state index in [1.807, 2.05) is 31.9 Å². The van der Waals surface area contributed by atoms with Crippen LogP contribution >= 0.6 is 0 Å². The number of hydrogen-bond donors (Lipinski definition) is 1. The molecular formula is C18H24N4O3. The number of nitrogens with zero attached hydrogens (tertiary/aromatic N) is 4. The van der Waals surface area contributed by atoms with E-state index in [1.54, 1.807) is 4.68 Å². The zero-order valence-corrected chi connectivity index (χ0v) is 14.9. The molecule has 3 rings (SSSR count). The molecule has 1 atom stereocenters. The van der Waals surface area contributed by atoms with Gasteiger partial charge in [0.25, 0.3) is 5.91 Å². The fourth-order valence-electron chi connectivity index (χ4n) is 3.63. The fraction of sp³-hybridized carbons (Fsp3) is 0.556. The second kappa shape index (κ2) is 6.82. The number of carbonyl (C=O) groups is 2. The third kappa shape index (κ3) is 3.50. The number of hydrogen-bond acceptors (Lipinski definition) is 4. The van der Waals surface area contributed by atoms with E-state index in [1.165, 1.54) is 0 Å². The summed E-state index contributed by atoms with van der Waals surface area (Å²) in [5, 5.41) is 14.1. The van der Waals surface area contributed by atoms with Crippen LogP contribution in [0.3, 0.4) is 0 Å². The van der Waals surface area contributed by atoms with Gasteiger partial charge < -0.3 is 10.0 Å². The molecule has 0 aromatic carbocycles. The molecule has 1 aliphatic heterocycles. The molecule has 3 heterocycles. The fourth-order valence-corrected chi connectivity index (χ4v) is 3.63. The summed E-state index contributed by atoms with van der Waals surface area (Å²) in [6.45, 7) is 5.10. The van der Waals surface area contributed by atoms with Crippen molar-refractivity contribution < 1.29 is 14.7 Å². The van der Waals surface area contributed by atoms with Crippen LogP contribution < -0.4 is 0 Å². The van der Waals surface area contributed by atoms with Crippen molar-refractivity contribution in [3.8, 4) is 0 Å². The van der Waals surface area contributed by atoms with Crippen LogP contribution in [0.15, 0.2) is 6.07 Å². The number of aromatic nitrogens is 3. The van der Waals surface area contributed by atoms with Gasteiger partial charge in [0.2, 0.25) is 0 Å². The second-order valence-corrected chi connectivity index (χ2v) is 6.89. The summed E-state index contributed by atoms with van der Waals surface area (Å²) in [5.41, 5.74) is 2.96. The van der Waals surface area contributed by atoms with Gasteiger partial charge in [0.05, 0.1) is 17.0 Å². The van der Waals surface area contributed by atoms with Crippen molar-refractivity contribution in [1.29, 1.82) is 0 Å². The summed E-state index contributed by atoms with van der Waals surface area (Å²) in [4.78, 5) is 30.2. The lowest BCUT2D eigenvalue weighted by Crippen LogP contribution is -2.40. The Hall–Kier alpha value is -2.44. The molecule has 25 heavy (non-hydrogen) atoms. The summed E-state index contributed by atoms with van der Waals surface area (Å²) in [6, 6.07) is 1.89. The zero-order valence-electron chi connectivity index (χ0n) is 14.9. The molecule has 7 nitrogen and oxygen atoms in total. The normalized spacial score (nSPS) is 17.9. The van der Waals surface area contributed by atoms with Gasteiger partial charge in [-0.2, -0.15) is 5.10 Å². The van der Waals surface area contributed by atoms with E-state index < -0.39 is 5.97 Å². The van der Waals surface area contributed by atoms with Gasteiger partial charge in [-0.25, -0.2) is 4.98 Å². The third-order valence-corrected chi connectivity index (χ3v) is 4.99. The second-order valence-electron chi connectivity index (χ2n) is 6.89. The quantitative estimate of drug-likeness (QED) is 0.919. The molecule has 1 saturated heterocycles. The Morgan fingerprint density at radius 2 is 2.08 bits per heavy atom. The van der Waals surface area contributed by atoms with Gasteiger partial charge in [0.1, 0.15) is 0 Å². The molecule has 1 N–H and O–H groups in total. The molecule has 2 aromatic heterocycles. The molecule has 1 aliphatic rings. The first-order valence-electron chi connectivity index (χ1n) is 8.69. The Kier molecular flexibility index (Phi) is 4.74. The Labute approximate surface area is 146 Å². The maximum absolute atomic E-state index is 13.0. The smallest absolute Gasteiger partial charge is 0.303 e. The number of piperidine rings is 1. The molecule has 7 heteroatoms. The van der Waals surface area contributed by atoms with Crippen LogP contribution in [0.5, 0.6) is 0 Å². The highest BCUT2D eigenvalue weighted by molar-refractivity contribution is 5.98. The van der Waals surface area contributed by atoms with Crippen molar-refractivity contribution in [3.63, 3.8) is 0 Å². The first-order valence-corrected chi connectivity index (χ1v) is 8.69. The molecular weight excluding hydrogens is 320 g/mol. The maximum Gasteiger partial charge on any atom is 0.303 e. The largest absolute Gasteiger partial charge is 0.481 e. The number of carboxylic acids is 1. The summed E-state index contributed by atoms with van der Waals surface area (Å²) in [6.07, 6.45) is 2.68. The predicted octanol–water partition coefficient (Wildman–Crippen LogP) is 2.30. The minimum Gasteiger partial charge on any atom is -0.481 e. The van der Waals surface area contributed by atoms with Crippen molar-refractivity contribution in [2.24, 2.45) is 13.0 Å². The highest BCUT2D eigenvalue weighted by Crippen LogP contribution is 2.25. The lowest BCUT2D eigenvalue weighted by atomic mass is 9.93. The van der Waals surface area contributed by atoms with Crippen LogP contribution in [0.1, 0.15) is 47.4 Å². The predicted molar refractivity (Wildman–Crippen MR) is 93.5 cm³/mol. The number of aliphatic carboxylic acids is 1. The summed E-state index contributed by atoms with van der Waals surface area (Å²) in [7, 11) is 1.85. The van der Waals surface area contributed by atoms with Gasteiger partial charge in [-0.05, 0) is 45.1 Å². The van der Waals surface area contributed by atoms with Crippen molar-refractivity contribution in [2.45, 2.75) is 39.5 Å². The van der Waals surface area contributed by atoms with Gasteiger partial charge in [-0.1, -0.05) is 0 Å². The highest BCUT2D eigenvalue weighted by Gasteiger charge is 2.26. The molecule has 0 saturated carbocycles. The SMILES string of the molecule is Cc1nc2c(cc1C(=O)N1CCCC(CCC(=O)O)C1)c(C)nn2C. The van der Waals surface area contributed by atoms with Crippen molar-refractivity contribution in [1.82, 2.24) is 19.7 Å². The van der Waals surface area contributed by atoms with Crippen molar-refractivity contribution in [2.75, 3.05) is 13.1 Å². The van der Waals surface area contributed by atoms with E-state index in [0.717, 1.165) is 29.6 Å². The molecule has 1 fully saturated rings. The Morgan fingerprint density at radius 1 is 1.32 bits per heavy atom. The van der Waals surface area contributed by atoms with Crippen LogP contribution in [0.2, 0.25) is 0 Å². The van der Waals surface area contributed by atoms with Crippen molar-refractivity contribution in [3.05, 3.63) is 23.0 Å². The van der Waals surface area contributed by atoms with Crippen LogP contribution in [0.25, 0.3) is 11.0 Å². The summed E-state index contributed by atoms with van der Waals surface area (Å²) in [5.74, 6) is -0.540. The van der Waals surface area contributed by atoms with E-state index in [0.29, 0.717) is 30.8 Å². The number of fused-ring (bicyclic) bond motifs is 1. The van der Waals surface area contributed by atoms with E-state index in [9.17, 15) is 9.59 Å². The Morgan fingerprint density at radius 3 is 2.80 bits per heavy atom. The van der Waals surface area contributed by atoms with E-state index in [2.05, 4.69) is 10.1 Å². The van der Waals surface area contributed by atoms with Crippen LogP contribution in [-0.2, 0) is 11.8 Å². The lowest BCUT2D eigenvalue weighted by Gasteiger charge is -2.33. The number of likely N-dealkylation sites (tertiary alicyclic amines) is 1. The van der Waals surface area contributed by atoms with Gasteiger partial charge in [-0.3, -0.25) is 14.3 Å². The number of amides is 1. The van der Waals surface area contributed by atoms with Gasteiger partial charge in [0, 0.05) is 31.9 Å². The molecule has 0 bridgehead atoms. The Bertz CT molecular complexity index is 827. The minimum absolute atomic E-state index is 0.0184. The monoisotopic (exact) mass is 344 g/mol. The molecule has 2 aromatic rings. The first-order chi connectivity index (χ1) is 11.9. The average molecular weight is 344 g/mol. The van der Waals surface area contributed by atoms with E-state index >= 15 is 0 Å². The zero-order chi connectivity index (χ0) is 18.1. The van der Waals surface area contributed by atoms with E-state index in [4.69, 9.17) is 5.11 Å². The first kappa shape index (κ1) is 17.4. The van der Waals surface area contributed by atoms with Crippen molar-refractivity contribution >= 4 is 22.9 Å². The molecule has 1 amide bonds. The molecule has 0 spiro atoms. The number of aryl methyl sites for hydroxylation is 3. The Balaban J connectivity index is 1.82. The molecule has 0 aliphatic carbocycles. The standard InChI is InChI=1S/C18H24N4O3/c1-11-15(9-14-12(2)20-21(3)17(14)19-11)18(25)22-8-4-5-13(10-22)6-7-16(23)24/h9,13H,4-8,10H2,1-3H3,(H,23,24).